The predicted molar refractivity (Wildman–Crippen MR) is 63.5 cm³/mol. The van der Waals surface area contributed by atoms with Crippen LogP contribution >= 0.6 is 0 Å². The van der Waals surface area contributed by atoms with E-state index in [1.807, 2.05) is 0 Å². The fourth-order valence-corrected chi connectivity index (χ4v) is 3.84. The van der Waals surface area contributed by atoms with Crippen molar-refractivity contribution in [2.45, 2.75) is 69.5 Å². The Bertz CT molecular complexity index is 130. The predicted octanol–water partition coefficient (Wildman–Crippen LogP) is 2.75. The molecule has 3 unspecified atom stereocenters. The first-order chi connectivity index (χ1) is 6.56. The molecule has 0 saturated carbocycles. The summed E-state index contributed by atoms with van der Waals surface area (Å²) in [5.41, 5.74) is 5.70. The zero-order chi connectivity index (χ0) is 11.0. The standard InChI is InChI=1S/C7H16N.C4H9O.Sn/c1-3-4-5-6-7(2)8;1-3-4(2)5;/h3,7H,4-6,8H2,1-2H3;4H,3H2,1-2H3;/q;-1;+1. The molecular weight excluding hydrogens is 281 g/mol. The van der Waals surface area contributed by atoms with Crippen molar-refractivity contribution in [1.29, 1.82) is 0 Å². The summed E-state index contributed by atoms with van der Waals surface area (Å²) < 4.78 is 6.69. The van der Waals surface area contributed by atoms with Gasteiger partial charge in [-0.25, -0.2) is 0 Å². The molecule has 0 aromatic heterocycles. The van der Waals surface area contributed by atoms with E-state index in [9.17, 15) is 0 Å². The van der Waals surface area contributed by atoms with Crippen LogP contribution < -0.4 is 5.73 Å². The third-order valence-electron chi connectivity index (χ3n) is 2.34. The SMILES string of the molecule is CCC(C)[O][Sn][CH](C)CCCC(C)N. The summed E-state index contributed by atoms with van der Waals surface area (Å²) in [4.78, 5) is 0. The summed E-state index contributed by atoms with van der Waals surface area (Å²) in [5.74, 6) is 0. The van der Waals surface area contributed by atoms with Gasteiger partial charge in [-0.1, -0.05) is 0 Å². The fraction of sp³-hybridized carbons (Fsp3) is 1.00. The van der Waals surface area contributed by atoms with Crippen LogP contribution in [-0.4, -0.2) is 33.7 Å². The molecule has 3 atom stereocenters. The van der Waals surface area contributed by atoms with E-state index in [4.69, 9.17) is 8.81 Å². The molecule has 84 valence electrons. The zero-order valence-corrected chi connectivity index (χ0v) is 12.9. The van der Waals surface area contributed by atoms with Crippen LogP contribution in [-0.2, 0) is 3.07 Å². The summed E-state index contributed by atoms with van der Waals surface area (Å²) in [6, 6.07) is 0.364. The Morgan fingerprint density at radius 2 is 1.86 bits per heavy atom. The van der Waals surface area contributed by atoms with E-state index in [2.05, 4.69) is 27.7 Å². The Labute approximate surface area is 99.7 Å². The van der Waals surface area contributed by atoms with Crippen LogP contribution in [0.4, 0.5) is 0 Å². The molecule has 3 heteroatoms. The molecule has 0 aromatic rings. The second-order valence-electron chi connectivity index (χ2n) is 4.26. The van der Waals surface area contributed by atoms with Gasteiger partial charge >= 0.3 is 99.8 Å². The third-order valence-corrected chi connectivity index (χ3v) is 5.85. The number of hydrogen-bond donors (Lipinski definition) is 1. The normalized spacial score (nSPS) is 17.8. The Kier molecular flexibility index (Phi) is 9.44. The monoisotopic (exact) mass is 307 g/mol. The van der Waals surface area contributed by atoms with E-state index in [0.29, 0.717) is 12.1 Å². The van der Waals surface area contributed by atoms with Gasteiger partial charge in [0.15, 0.2) is 0 Å². The van der Waals surface area contributed by atoms with Crippen molar-refractivity contribution >= 4 is 21.6 Å². The topological polar surface area (TPSA) is 35.2 Å². The molecule has 0 amide bonds. The van der Waals surface area contributed by atoms with Gasteiger partial charge in [0.05, 0.1) is 0 Å². The summed E-state index contributed by atoms with van der Waals surface area (Å²) >= 11 is -0.578. The first kappa shape index (κ1) is 14.7. The second kappa shape index (κ2) is 8.98. The van der Waals surface area contributed by atoms with Gasteiger partial charge < -0.3 is 0 Å². The first-order valence-electron chi connectivity index (χ1n) is 5.73. The van der Waals surface area contributed by atoms with Crippen LogP contribution in [0.2, 0.25) is 3.93 Å². The van der Waals surface area contributed by atoms with Crippen LogP contribution in [0.5, 0.6) is 0 Å². The average Bonchev–Trinajstić information content (AvgIpc) is 2.13. The summed E-state index contributed by atoms with van der Waals surface area (Å²) in [6.07, 6.45) is 5.37. The summed E-state index contributed by atoms with van der Waals surface area (Å²) in [7, 11) is 0. The van der Waals surface area contributed by atoms with E-state index in [1.54, 1.807) is 0 Å². The van der Waals surface area contributed by atoms with Crippen LogP contribution in [0, 0.1) is 0 Å². The van der Waals surface area contributed by atoms with E-state index >= 15 is 0 Å². The third kappa shape index (κ3) is 9.28. The molecular formula is C11H25NOSn. The molecule has 0 aliphatic rings. The van der Waals surface area contributed by atoms with Crippen molar-refractivity contribution in [3.8, 4) is 0 Å². The van der Waals surface area contributed by atoms with Crippen LogP contribution in [0.15, 0.2) is 0 Å². The maximum absolute atomic E-state index is 5.85. The Balaban J connectivity index is 3.32. The van der Waals surface area contributed by atoms with E-state index in [0.717, 1.165) is 16.8 Å². The Hall–Kier alpha value is 0.719. The molecule has 2 radical (unpaired) electrons. The van der Waals surface area contributed by atoms with Crippen molar-refractivity contribution in [3.05, 3.63) is 0 Å². The van der Waals surface area contributed by atoms with Crippen molar-refractivity contribution in [1.82, 2.24) is 0 Å². The molecule has 0 aliphatic carbocycles. The molecule has 0 fully saturated rings. The quantitative estimate of drug-likeness (QED) is 0.700. The molecule has 0 rings (SSSR count). The molecule has 0 aliphatic heterocycles. The number of rotatable bonds is 8. The van der Waals surface area contributed by atoms with Crippen molar-refractivity contribution in [2.24, 2.45) is 5.73 Å². The van der Waals surface area contributed by atoms with Gasteiger partial charge in [-0.3, -0.25) is 0 Å². The van der Waals surface area contributed by atoms with Crippen LogP contribution in [0.3, 0.4) is 0 Å². The summed E-state index contributed by atoms with van der Waals surface area (Å²) in [5, 5.41) is 0. The van der Waals surface area contributed by atoms with E-state index in [1.165, 1.54) is 12.8 Å². The molecule has 2 N–H and O–H groups in total. The van der Waals surface area contributed by atoms with Gasteiger partial charge in [-0.2, -0.15) is 0 Å². The van der Waals surface area contributed by atoms with Crippen LogP contribution in [0.25, 0.3) is 0 Å². The Morgan fingerprint density at radius 3 is 2.36 bits per heavy atom. The zero-order valence-electron chi connectivity index (χ0n) is 10.0. The first-order valence-corrected chi connectivity index (χ1v) is 8.54. The Morgan fingerprint density at radius 1 is 1.21 bits per heavy atom. The minimum atomic E-state index is -0.578. The van der Waals surface area contributed by atoms with Crippen molar-refractivity contribution < 1.29 is 3.07 Å². The number of hydrogen-bond acceptors (Lipinski definition) is 2. The van der Waals surface area contributed by atoms with Gasteiger partial charge in [0.25, 0.3) is 0 Å². The molecule has 14 heavy (non-hydrogen) atoms. The molecule has 0 bridgehead atoms. The minimum absolute atomic E-state index is 0.364. The van der Waals surface area contributed by atoms with Crippen molar-refractivity contribution in [2.75, 3.05) is 0 Å². The fourth-order valence-electron chi connectivity index (χ4n) is 1.12. The van der Waals surface area contributed by atoms with Gasteiger partial charge in [0, 0.05) is 0 Å². The molecule has 0 heterocycles. The van der Waals surface area contributed by atoms with Gasteiger partial charge in [-0.15, -0.1) is 0 Å². The second-order valence-corrected chi connectivity index (χ2v) is 8.42. The van der Waals surface area contributed by atoms with Gasteiger partial charge in [0.2, 0.25) is 0 Å². The molecule has 0 spiro atoms. The molecule has 0 saturated heterocycles. The van der Waals surface area contributed by atoms with Gasteiger partial charge in [0.1, 0.15) is 0 Å². The molecule has 0 aromatic carbocycles. The number of nitrogens with two attached hydrogens (primary N) is 1. The van der Waals surface area contributed by atoms with E-state index < -0.39 is 21.6 Å². The van der Waals surface area contributed by atoms with Gasteiger partial charge in [-0.05, 0) is 0 Å². The average molecular weight is 306 g/mol. The maximum atomic E-state index is 5.85. The molecule has 2 nitrogen and oxygen atoms in total. The summed E-state index contributed by atoms with van der Waals surface area (Å²) in [6.45, 7) is 8.77. The van der Waals surface area contributed by atoms with Crippen LogP contribution in [0.1, 0.15) is 53.4 Å². The van der Waals surface area contributed by atoms with Crippen molar-refractivity contribution in [3.63, 3.8) is 0 Å². The van der Waals surface area contributed by atoms with E-state index in [-0.39, 0.29) is 0 Å².